The molecule has 16 heavy (non-hydrogen) atoms. The normalized spacial score (nSPS) is 9.19. The summed E-state index contributed by atoms with van der Waals surface area (Å²) in [6.07, 6.45) is 1.24. The van der Waals surface area contributed by atoms with Gasteiger partial charge in [0.2, 0.25) is 5.95 Å². The smallest absolute Gasteiger partial charge is 0.317 e. The Morgan fingerprint density at radius 2 is 2.44 bits per heavy atom. The van der Waals surface area contributed by atoms with Crippen molar-refractivity contribution in [3.05, 3.63) is 28.8 Å². The molecule has 1 aromatic rings. The van der Waals surface area contributed by atoms with Crippen molar-refractivity contribution in [3.8, 4) is 11.8 Å². The van der Waals surface area contributed by atoms with Crippen LogP contribution in [0.4, 0.5) is 4.39 Å². The minimum Gasteiger partial charge on any atom is -0.465 e. The van der Waals surface area contributed by atoms with E-state index in [4.69, 9.17) is 11.6 Å². The fourth-order valence-electron chi connectivity index (χ4n) is 0.920. The molecule has 0 aliphatic carbocycles. The van der Waals surface area contributed by atoms with Crippen LogP contribution < -0.4 is 0 Å². The van der Waals surface area contributed by atoms with E-state index in [1.165, 1.54) is 12.3 Å². The molecule has 0 atom stereocenters. The molecule has 84 valence electrons. The van der Waals surface area contributed by atoms with Gasteiger partial charge in [0.25, 0.3) is 0 Å². The quantitative estimate of drug-likeness (QED) is 0.453. The second-order valence-electron chi connectivity index (χ2n) is 2.78. The van der Waals surface area contributed by atoms with Crippen molar-refractivity contribution in [1.82, 2.24) is 4.98 Å². The molecule has 0 aliphatic heterocycles. The zero-order chi connectivity index (χ0) is 12.0. The van der Waals surface area contributed by atoms with E-state index in [2.05, 4.69) is 21.6 Å². The summed E-state index contributed by atoms with van der Waals surface area (Å²) in [5.41, 5.74) is 0.454. The van der Waals surface area contributed by atoms with Gasteiger partial charge in [-0.15, -0.1) is 0 Å². The Morgan fingerprint density at radius 1 is 1.69 bits per heavy atom. The maximum absolute atomic E-state index is 12.7. The van der Waals surface area contributed by atoms with Gasteiger partial charge in [0.15, 0.2) is 0 Å². The van der Waals surface area contributed by atoms with Crippen molar-refractivity contribution in [2.75, 3.05) is 6.61 Å². The SMILES string of the molecule is CCOC(=O)CC#Cc1cnc(F)c(Cl)c1. The first kappa shape index (κ1) is 12.5. The third-order valence-corrected chi connectivity index (χ3v) is 1.83. The van der Waals surface area contributed by atoms with Crippen LogP contribution in [0.5, 0.6) is 0 Å². The van der Waals surface area contributed by atoms with Gasteiger partial charge in [-0.2, -0.15) is 4.39 Å². The van der Waals surface area contributed by atoms with Crippen molar-refractivity contribution in [3.63, 3.8) is 0 Å². The molecule has 0 aliphatic rings. The summed E-state index contributed by atoms with van der Waals surface area (Å²) in [5.74, 6) is 4.09. The Morgan fingerprint density at radius 3 is 3.06 bits per heavy atom. The number of ether oxygens (including phenoxy) is 1. The molecule has 0 aromatic carbocycles. The Labute approximate surface area is 97.6 Å². The first-order valence-electron chi connectivity index (χ1n) is 4.59. The van der Waals surface area contributed by atoms with Crippen LogP contribution in [0.25, 0.3) is 0 Å². The molecule has 0 saturated heterocycles. The number of pyridine rings is 1. The van der Waals surface area contributed by atoms with E-state index in [9.17, 15) is 9.18 Å². The summed E-state index contributed by atoms with van der Waals surface area (Å²) in [6.45, 7) is 2.04. The zero-order valence-corrected chi connectivity index (χ0v) is 9.34. The second kappa shape index (κ2) is 6.09. The van der Waals surface area contributed by atoms with Crippen molar-refractivity contribution in [1.29, 1.82) is 0 Å². The highest BCUT2D eigenvalue weighted by Crippen LogP contribution is 2.12. The minimum atomic E-state index is -0.738. The fraction of sp³-hybridized carbons (Fsp3) is 0.273. The average Bonchev–Trinajstić information content (AvgIpc) is 2.24. The number of carbonyl (C=O) groups is 1. The Balaban J connectivity index is 2.63. The van der Waals surface area contributed by atoms with E-state index < -0.39 is 11.9 Å². The number of halogens is 2. The lowest BCUT2D eigenvalue weighted by molar-refractivity contribution is -0.141. The van der Waals surface area contributed by atoms with Gasteiger partial charge in [0.05, 0.1) is 11.6 Å². The molecular formula is C11H9ClFNO2. The van der Waals surface area contributed by atoms with E-state index >= 15 is 0 Å². The van der Waals surface area contributed by atoms with Crippen molar-refractivity contribution in [2.24, 2.45) is 0 Å². The molecule has 0 bridgehead atoms. The third-order valence-electron chi connectivity index (χ3n) is 1.57. The molecule has 1 heterocycles. The predicted octanol–water partition coefficient (Wildman–Crippen LogP) is 2.18. The average molecular weight is 242 g/mol. The van der Waals surface area contributed by atoms with Crippen LogP contribution in [0.2, 0.25) is 5.02 Å². The van der Waals surface area contributed by atoms with Crippen molar-refractivity contribution in [2.45, 2.75) is 13.3 Å². The van der Waals surface area contributed by atoms with Gasteiger partial charge in [-0.3, -0.25) is 4.79 Å². The van der Waals surface area contributed by atoms with Crippen molar-refractivity contribution >= 4 is 17.6 Å². The van der Waals surface area contributed by atoms with Gasteiger partial charge in [0, 0.05) is 11.8 Å². The number of rotatable bonds is 2. The van der Waals surface area contributed by atoms with Crippen LogP contribution in [-0.4, -0.2) is 17.6 Å². The van der Waals surface area contributed by atoms with E-state index in [0.29, 0.717) is 12.2 Å². The predicted molar refractivity (Wildman–Crippen MR) is 57.3 cm³/mol. The molecule has 1 rings (SSSR count). The molecule has 0 radical (unpaired) electrons. The minimum absolute atomic E-state index is 0.0111. The first-order chi connectivity index (χ1) is 7.63. The molecule has 1 aromatic heterocycles. The van der Waals surface area contributed by atoms with Gasteiger partial charge in [-0.25, -0.2) is 4.98 Å². The van der Waals surface area contributed by atoms with Crippen LogP contribution in [0.3, 0.4) is 0 Å². The Kier molecular flexibility index (Phi) is 4.74. The number of hydrogen-bond donors (Lipinski definition) is 0. The lowest BCUT2D eigenvalue weighted by Gasteiger charge is -1.95. The fourth-order valence-corrected chi connectivity index (χ4v) is 1.09. The van der Waals surface area contributed by atoms with Gasteiger partial charge in [0.1, 0.15) is 6.42 Å². The molecule has 0 N–H and O–H groups in total. The van der Waals surface area contributed by atoms with Gasteiger partial charge in [-0.1, -0.05) is 23.4 Å². The molecule has 0 unspecified atom stereocenters. The molecule has 0 saturated carbocycles. The zero-order valence-electron chi connectivity index (χ0n) is 8.59. The summed E-state index contributed by atoms with van der Waals surface area (Å²) < 4.78 is 17.4. The van der Waals surface area contributed by atoms with Crippen molar-refractivity contribution < 1.29 is 13.9 Å². The topological polar surface area (TPSA) is 39.2 Å². The van der Waals surface area contributed by atoms with Crippen LogP contribution in [-0.2, 0) is 9.53 Å². The summed E-state index contributed by atoms with van der Waals surface area (Å²) in [6, 6.07) is 1.35. The number of hydrogen-bond acceptors (Lipinski definition) is 3. The van der Waals surface area contributed by atoms with E-state index in [1.807, 2.05) is 0 Å². The molecule has 5 heteroatoms. The number of nitrogens with zero attached hydrogens (tertiary/aromatic N) is 1. The lowest BCUT2D eigenvalue weighted by Crippen LogP contribution is -2.01. The summed E-state index contributed by atoms with van der Waals surface area (Å²) in [5, 5.41) is -0.0945. The summed E-state index contributed by atoms with van der Waals surface area (Å²) in [4.78, 5) is 14.3. The third kappa shape index (κ3) is 3.87. The monoisotopic (exact) mass is 241 g/mol. The highest BCUT2D eigenvalue weighted by molar-refractivity contribution is 6.30. The van der Waals surface area contributed by atoms with Crippen LogP contribution in [0.1, 0.15) is 18.9 Å². The highest BCUT2D eigenvalue weighted by atomic mass is 35.5. The highest BCUT2D eigenvalue weighted by Gasteiger charge is 2.00. The van der Waals surface area contributed by atoms with Gasteiger partial charge < -0.3 is 4.74 Å². The number of carbonyl (C=O) groups excluding carboxylic acids is 1. The molecule has 0 amide bonds. The van der Waals surface area contributed by atoms with Crippen LogP contribution in [0, 0.1) is 17.8 Å². The van der Waals surface area contributed by atoms with Gasteiger partial charge in [-0.05, 0) is 13.0 Å². The Hall–Kier alpha value is -1.60. The van der Waals surface area contributed by atoms with Crippen LogP contribution >= 0.6 is 11.6 Å². The van der Waals surface area contributed by atoms with Gasteiger partial charge >= 0.3 is 5.97 Å². The molecule has 0 spiro atoms. The summed E-state index contributed by atoms with van der Waals surface area (Å²) in [7, 11) is 0. The van der Waals surface area contributed by atoms with E-state index in [-0.39, 0.29) is 11.4 Å². The molecule has 3 nitrogen and oxygen atoms in total. The molecular weight excluding hydrogens is 233 g/mol. The van der Waals surface area contributed by atoms with Crippen LogP contribution in [0.15, 0.2) is 12.3 Å². The Bertz CT molecular complexity index is 451. The van der Waals surface area contributed by atoms with E-state index in [0.717, 1.165) is 0 Å². The largest absolute Gasteiger partial charge is 0.465 e. The number of esters is 1. The standard InChI is InChI=1S/C11H9ClFNO2/c1-2-16-10(15)5-3-4-8-6-9(12)11(13)14-7-8/h6-7H,2,5H2,1H3. The second-order valence-corrected chi connectivity index (χ2v) is 3.19. The van der Waals surface area contributed by atoms with E-state index in [1.54, 1.807) is 6.92 Å². The maximum atomic E-state index is 12.7. The first-order valence-corrected chi connectivity index (χ1v) is 4.96. The maximum Gasteiger partial charge on any atom is 0.317 e. The molecule has 0 fully saturated rings. The summed E-state index contributed by atoms with van der Waals surface area (Å²) >= 11 is 5.51. The lowest BCUT2D eigenvalue weighted by atomic mass is 10.3. The number of aromatic nitrogens is 1.